The molecule has 0 atom stereocenters. The first kappa shape index (κ1) is 16.9. The predicted molar refractivity (Wildman–Crippen MR) is 90.9 cm³/mol. The van der Waals surface area contributed by atoms with E-state index in [2.05, 4.69) is 25.8 Å². The Labute approximate surface area is 141 Å². The molecule has 0 spiro atoms. The summed E-state index contributed by atoms with van der Waals surface area (Å²) in [7, 11) is 4.04. The van der Waals surface area contributed by atoms with E-state index >= 15 is 0 Å². The van der Waals surface area contributed by atoms with Gasteiger partial charge in [-0.25, -0.2) is 9.78 Å². The highest BCUT2D eigenvalue weighted by atomic mass is 79.9. The minimum Gasteiger partial charge on any atom is -0.493 e. The van der Waals surface area contributed by atoms with Crippen LogP contribution in [0.5, 0.6) is 5.75 Å². The Hall–Kier alpha value is -1.44. The van der Waals surface area contributed by atoms with Crippen LogP contribution in [0.2, 0.25) is 0 Å². The zero-order valence-corrected chi connectivity index (χ0v) is 14.8. The number of thiazole rings is 1. The Bertz CT molecular complexity index is 658. The van der Waals surface area contributed by atoms with Crippen molar-refractivity contribution < 1.29 is 14.6 Å². The average Bonchev–Trinajstić information content (AvgIpc) is 2.94. The maximum absolute atomic E-state index is 11.0. The highest BCUT2D eigenvalue weighted by Gasteiger charge is 2.14. The van der Waals surface area contributed by atoms with E-state index in [4.69, 9.17) is 9.84 Å². The Balaban J connectivity index is 2.18. The lowest BCUT2D eigenvalue weighted by Crippen LogP contribution is -2.15. The van der Waals surface area contributed by atoms with E-state index in [9.17, 15) is 4.79 Å². The van der Waals surface area contributed by atoms with Crippen molar-refractivity contribution in [2.75, 3.05) is 27.2 Å². The van der Waals surface area contributed by atoms with Crippen molar-refractivity contribution in [1.82, 2.24) is 9.88 Å². The van der Waals surface area contributed by atoms with Crippen LogP contribution in [-0.2, 0) is 0 Å². The number of carboxylic acids is 1. The maximum Gasteiger partial charge on any atom is 0.355 e. The van der Waals surface area contributed by atoms with Gasteiger partial charge in [-0.2, -0.15) is 0 Å². The second-order valence-electron chi connectivity index (χ2n) is 4.99. The van der Waals surface area contributed by atoms with Crippen LogP contribution in [0.4, 0.5) is 0 Å². The molecule has 0 saturated heterocycles. The highest BCUT2D eigenvalue weighted by molar-refractivity contribution is 9.10. The zero-order valence-electron chi connectivity index (χ0n) is 12.4. The molecule has 0 bridgehead atoms. The standard InChI is InChI=1S/C15H17BrN2O3S/c1-18(2)6-3-7-21-13-5-4-10(16)8-11(13)14-17-12(9-22-14)15(19)20/h4-5,8-9H,3,6-7H2,1-2H3,(H,19,20). The van der Waals surface area contributed by atoms with Gasteiger partial charge < -0.3 is 14.7 Å². The molecule has 0 fully saturated rings. The second-order valence-corrected chi connectivity index (χ2v) is 6.76. The molecule has 118 valence electrons. The smallest absolute Gasteiger partial charge is 0.355 e. The molecule has 22 heavy (non-hydrogen) atoms. The van der Waals surface area contributed by atoms with E-state index in [1.807, 2.05) is 32.3 Å². The quantitative estimate of drug-likeness (QED) is 0.738. The number of aromatic carboxylic acids is 1. The lowest BCUT2D eigenvalue weighted by atomic mass is 10.2. The molecule has 1 N–H and O–H groups in total. The summed E-state index contributed by atoms with van der Waals surface area (Å²) in [6, 6.07) is 5.67. The minimum absolute atomic E-state index is 0.0542. The summed E-state index contributed by atoms with van der Waals surface area (Å²) in [5.74, 6) is -0.306. The molecule has 1 heterocycles. The van der Waals surface area contributed by atoms with Gasteiger partial charge in [0.15, 0.2) is 5.69 Å². The monoisotopic (exact) mass is 384 g/mol. The number of aromatic nitrogens is 1. The molecule has 0 unspecified atom stereocenters. The first-order valence-corrected chi connectivity index (χ1v) is 8.41. The molecule has 1 aromatic heterocycles. The Morgan fingerprint density at radius 3 is 2.86 bits per heavy atom. The van der Waals surface area contributed by atoms with E-state index < -0.39 is 5.97 Å². The fourth-order valence-electron chi connectivity index (χ4n) is 1.85. The van der Waals surface area contributed by atoms with Crippen LogP contribution >= 0.6 is 27.3 Å². The van der Waals surface area contributed by atoms with Crippen LogP contribution < -0.4 is 4.74 Å². The summed E-state index contributed by atoms with van der Waals surface area (Å²) in [4.78, 5) is 17.2. The number of hydrogen-bond acceptors (Lipinski definition) is 5. The zero-order chi connectivity index (χ0) is 16.1. The predicted octanol–water partition coefficient (Wildman–Crippen LogP) is 3.60. The summed E-state index contributed by atoms with van der Waals surface area (Å²) in [6.45, 7) is 1.55. The first-order valence-electron chi connectivity index (χ1n) is 6.73. The maximum atomic E-state index is 11.0. The van der Waals surface area contributed by atoms with Crippen LogP contribution in [0.25, 0.3) is 10.6 Å². The van der Waals surface area contributed by atoms with Crippen LogP contribution in [-0.4, -0.2) is 48.2 Å². The number of benzene rings is 1. The van der Waals surface area contributed by atoms with E-state index in [1.165, 1.54) is 16.7 Å². The van der Waals surface area contributed by atoms with Gasteiger partial charge in [0.2, 0.25) is 0 Å². The van der Waals surface area contributed by atoms with Crippen LogP contribution in [0.1, 0.15) is 16.9 Å². The van der Waals surface area contributed by atoms with Crippen LogP contribution in [0.15, 0.2) is 28.1 Å². The minimum atomic E-state index is -1.02. The van der Waals surface area contributed by atoms with Gasteiger partial charge in [0.05, 0.1) is 12.2 Å². The lowest BCUT2D eigenvalue weighted by molar-refractivity contribution is 0.0691. The Morgan fingerprint density at radius 2 is 2.23 bits per heavy atom. The van der Waals surface area contributed by atoms with Crippen molar-refractivity contribution in [3.05, 3.63) is 33.7 Å². The van der Waals surface area contributed by atoms with E-state index in [0.29, 0.717) is 17.4 Å². The van der Waals surface area contributed by atoms with Gasteiger partial charge >= 0.3 is 5.97 Å². The molecule has 0 aliphatic rings. The Morgan fingerprint density at radius 1 is 1.45 bits per heavy atom. The lowest BCUT2D eigenvalue weighted by Gasteiger charge is -2.12. The van der Waals surface area contributed by atoms with Crippen molar-refractivity contribution in [2.24, 2.45) is 0 Å². The van der Waals surface area contributed by atoms with Gasteiger partial charge in [-0.3, -0.25) is 0 Å². The van der Waals surface area contributed by atoms with Crippen molar-refractivity contribution in [2.45, 2.75) is 6.42 Å². The number of ether oxygens (including phenoxy) is 1. The SMILES string of the molecule is CN(C)CCCOc1ccc(Br)cc1-c1nc(C(=O)O)cs1. The summed E-state index contributed by atoms with van der Waals surface area (Å²) < 4.78 is 6.74. The van der Waals surface area contributed by atoms with Crippen molar-refractivity contribution in [3.8, 4) is 16.3 Å². The normalized spacial score (nSPS) is 10.9. The first-order chi connectivity index (χ1) is 10.5. The molecule has 7 heteroatoms. The van der Waals surface area contributed by atoms with Gasteiger partial charge in [-0.1, -0.05) is 15.9 Å². The number of halogens is 1. The van der Waals surface area contributed by atoms with E-state index in [0.717, 1.165) is 23.0 Å². The molecule has 0 aliphatic carbocycles. The van der Waals surface area contributed by atoms with E-state index in [-0.39, 0.29) is 5.69 Å². The molecule has 0 aliphatic heterocycles. The largest absolute Gasteiger partial charge is 0.493 e. The summed E-state index contributed by atoms with van der Waals surface area (Å²) in [6.07, 6.45) is 0.917. The molecule has 0 amide bonds. The summed E-state index contributed by atoms with van der Waals surface area (Å²) >= 11 is 4.73. The van der Waals surface area contributed by atoms with Gasteiger partial charge in [0.1, 0.15) is 10.8 Å². The van der Waals surface area contributed by atoms with Gasteiger partial charge in [0.25, 0.3) is 0 Å². The Kier molecular flexibility index (Phi) is 5.93. The molecule has 1 aromatic carbocycles. The third-order valence-corrected chi connectivity index (χ3v) is 4.27. The topological polar surface area (TPSA) is 62.7 Å². The number of nitrogens with zero attached hydrogens (tertiary/aromatic N) is 2. The number of rotatable bonds is 7. The molecular weight excluding hydrogens is 368 g/mol. The summed E-state index contributed by atoms with van der Waals surface area (Å²) in [5.41, 5.74) is 0.857. The number of carboxylic acid groups (broad SMARTS) is 1. The second kappa shape index (κ2) is 7.71. The third kappa shape index (κ3) is 4.53. The fraction of sp³-hybridized carbons (Fsp3) is 0.333. The number of carbonyl (C=O) groups is 1. The van der Waals surface area contributed by atoms with Crippen molar-refractivity contribution >= 4 is 33.2 Å². The van der Waals surface area contributed by atoms with Crippen molar-refractivity contribution in [3.63, 3.8) is 0 Å². The average molecular weight is 385 g/mol. The summed E-state index contributed by atoms with van der Waals surface area (Å²) in [5, 5.41) is 11.2. The van der Waals surface area contributed by atoms with Crippen LogP contribution in [0, 0.1) is 0 Å². The van der Waals surface area contributed by atoms with Gasteiger partial charge in [-0.15, -0.1) is 11.3 Å². The molecule has 0 saturated carbocycles. The molecular formula is C15H17BrN2O3S. The highest BCUT2D eigenvalue weighted by Crippen LogP contribution is 2.34. The van der Waals surface area contributed by atoms with Gasteiger partial charge in [0, 0.05) is 16.4 Å². The van der Waals surface area contributed by atoms with Gasteiger partial charge in [-0.05, 0) is 38.7 Å². The van der Waals surface area contributed by atoms with E-state index in [1.54, 1.807) is 0 Å². The molecule has 2 rings (SSSR count). The van der Waals surface area contributed by atoms with Crippen LogP contribution in [0.3, 0.4) is 0 Å². The number of hydrogen-bond donors (Lipinski definition) is 1. The molecule has 0 radical (unpaired) electrons. The molecule has 5 nitrogen and oxygen atoms in total. The molecule has 2 aromatic rings. The third-order valence-electron chi connectivity index (χ3n) is 2.90. The van der Waals surface area contributed by atoms with Crippen molar-refractivity contribution in [1.29, 1.82) is 0 Å². The fourth-order valence-corrected chi connectivity index (χ4v) is 3.03.